The average Bonchev–Trinajstić information content (AvgIpc) is 2.32. The van der Waals surface area contributed by atoms with Gasteiger partial charge in [-0.15, -0.1) is 0 Å². The molecule has 0 heterocycles. The molecule has 0 saturated heterocycles. The minimum atomic E-state index is -0.807. The zero-order valence-corrected chi connectivity index (χ0v) is 9.48. The normalized spacial score (nSPS) is 10.6. The van der Waals surface area contributed by atoms with Crippen molar-refractivity contribution in [3.63, 3.8) is 0 Å². The maximum Gasteiger partial charge on any atom is 0.340 e. The Morgan fingerprint density at radius 1 is 1.65 bits per heavy atom. The molecule has 0 amide bonds. The van der Waals surface area contributed by atoms with Crippen LogP contribution in [-0.2, 0) is 9.53 Å². The summed E-state index contributed by atoms with van der Waals surface area (Å²) in [6.07, 6.45) is 1.20. The lowest BCUT2D eigenvalue weighted by atomic mass is 10.2. The topological polar surface area (TPSA) is 75.1 Å². The number of methoxy groups -OCH3 is 1. The van der Waals surface area contributed by atoms with Crippen LogP contribution in [0.15, 0.2) is 29.0 Å². The van der Waals surface area contributed by atoms with E-state index in [4.69, 9.17) is 17.1 Å². The van der Waals surface area contributed by atoms with Gasteiger partial charge in [-0.1, -0.05) is 22.8 Å². The fourth-order valence-corrected chi connectivity index (χ4v) is 1.16. The van der Waals surface area contributed by atoms with Crippen LogP contribution in [0.2, 0.25) is 5.02 Å². The van der Waals surface area contributed by atoms with E-state index in [2.05, 4.69) is 14.8 Å². The summed E-state index contributed by atoms with van der Waals surface area (Å²) in [5, 5.41) is 3.12. The van der Waals surface area contributed by atoms with E-state index in [1.54, 1.807) is 0 Å². The molecule has 0 saturated carbocycles. The lowest BCUT2D eigenvalue weighted by Crippen LogP contribution is -2.01. The van der Waals surface area contributed by atoms with Crippen molar-refractivity contribution in [2.45, 2.75) is 0 Å². The van der Waals surface area contributed by atoms with Crippen molar-refractivity contribution >= 4 is 23.6 Å². The van der Waals surface area contributed by atoms with Crippen LogP contribution in [0.25, 0.3) is 16.5 Å². The molecular formula is C10H7ClFN3O2. The van der Waals surface area contributed by atoms with E-state index >= 15 is 0 Å². The molecule has 1 aromatic carbocycles. The van der Waals surface area contributed by atoms with E-state index in [0.717, 1.165) is 13.2 Å². The highest BCUT2D eigenvalue weighted by Gasteiger charge is 2.08. The van der Waals surface area contributed by atoms with Crippen molar-refractivity contribution in [3.8, 4) is 0 Å². The maximum atomic E-state index is 13.1. The Kier molecular flexibility index (Phi) is 4.51. The Hall–Kier alpha value is -2.04. The Labute approximate surface area is 101 Å². The fourth-order valence-electron chi connectivity index (χ4n) is 1.04. The molecule has 0 aromatic heterocycles. The van der Waals surface area contributed by atoms with E-state index in [-0.39, 0.29) is 10.7 Å². The van der Waals surface area contributed by atoms with Gasteiger partial charge in [-0.3, -0.25) is 0 Å². The number of carbonyl (C=O) groups is 1. The second-order valence-corrected chi connectivity index (χ2v) is 3.29. The third-order valence-corrected chi connectivity index (χ3v) is 2.10. The lowest BCUT2D eigenvalue weighted by Gasteiger charge is -2.00. The summed E-state index contributed by atoms with van der Waals surface area (Å²) >= 11 is 5.50. The first-order valence-electron chi connectivity index (χ1n) is 4.38. The molecule has 0 N–H and O–H groups in total. The van der Waals surface area contributed by atoms with E-state index in [1.807, 2.05) is 0 Å². The molecule has 17 heavy (non-hydrogen) atoms. The van der Waals surface area contributed by atoms with Crippen LogP contribution in [0, 0.1) is 5.82 Å². The molecule has 0 radical (unpaired) electrons. The largest absolute Gasteiger partial charge is 0.466 e. The van der Waals surface area contributed by atoms with E-state index in [1.165, 1.54) is 18.2 Å². The SMILES string of the molecule is COC(=O)C(=Cc1ccc(Cl)c(F)c1)N=[N+]=[N-]. The maximum absolute atomic E-state index is 13.1. The smallest absolute Gasteiger partial charge is 0.340 e. The van der Waals surface area contributed by atoms with Crippen molar-refractivity contribution < 1.29 is 13.9 Å². The molecule has 0 aliphatic rings. The highest BCUT2D eigenvalue weighted by atomic mass is 35.5. The van der Waals surface area contributed by atoms with Crippen molar-refractivity contribution in [3.05, 3.63) is 50.7 Å². The number of esters is 1. The summed E-state index contributed by atoms with van der Waals surface area (Å²) in [5.41, 5.74) is 8.34. The van der Waals surface area contributed by atoms with Gasteiger partial charge in [0.15, 0.2) is 0 Å². The van der Waals surface area contributed by atoms with Gasteiger partial charge in [0.05, 0.1) is 12.1 Å². The van der Waals surface area contributed by atoms with Gasteiger partial charge >= 0.3 is 5.97 Å². The number of halogens is 2. The standard InChI is InChI=1S/C10H7ClFN3O2/c1-17-10(16)9(14-15-13)5-6-2-3-7(11)8(12)4-6/h2-5H,1H3. The van der Waals surface area contributed by atoms with Gasteiger partial charge in [-0.2, -0.15) is 0 Å². The van der Waals surface area contributed by atoms with E-state index in [9.17, 15) is 9.18 Å². The van der Waals surface area contributed by atoms with Crippen molar-refractivity contribution in [2.75, 3.05) is 7.11 Å². The number of azide groups is 1. The van der Waals surface area contributed by atoms with Gasteiger partial charge in [0, 0.05) is 4.91 Å². The first kappa shape index (κ1) is 13.0. The first-order chi connectivity index (χ1) is 8.08. The number of rotatable bonds is 3. The number of carbonyl (C=O) groups excluding carboxylic acids is 1. The van der Waals surface area contributed by atoms with Gasteiger partial charge in [-0.05, 0) is 29.3 Å². The van der Waals surface area contributed by atoms with Crippen molar-refractivity contribution in [2.24, 2.45) is 5.11 Å². The van der Waals surface area contributed by atoms with Gasteiger partial charge < -0.3 is 4.74 Å². The zero-order valence-electron chi connectivity index (χ0n) is 8.72. The molecule has 0 bridgehead atoms. The summed E-state index contributed by atoms with van der Waals surface area (Å²) < 4.78 is 17.5. The molecule has 1 rings (SSSR count). The number of benzene rings is 1. The zero-order chi connectivity index (χ0) is 12.8. The van der Waals surface area contributed by atoms with E-state index in [0.29, 0.717) is 5.56 Å². The summed E-state index contributed by atoms with van der Waals surface area (Å²) in [6, 6.07) is 3.91. The molecule has 0 fully saturated rings. The molecule has 7 heteroatoms. The van der Waals surface area contributed by atoms with Gasteiger partial charge in [0.1, 0.15) is 11.5 Å². The summed E-state index contributed by atoms with van der Waals surface area (Å²) in [5.74, 6) is -1.44. The molecule has 0 unspecified atom stereocenters. The number of nitrogens with zero attached hydrogens (tertiary/aromatic N) is 3. The van der Waals surface area contributed by atoms with Gasteiger partial charge in [-0.25, -0.2) is 9.18 Å². The predicted octanol–water partition coefficient (Wildman–Crippen LogP) is 3.30. The van der Waals surface area contributed by atoms with Crippen LogP contribution in [0.3, 0.4) is 0 Å². The van der Waals surface area contributed by atoms with Crippen LogP contribution in [0.4, 0.5) is 4.39 Å². The third-order valence-electron chi connectivity index (χ3n) is 1.79. The highest BCUT2D eigenvalue weighted by Crippen LogP contribution is 2.18. The molecular weight excluding hydrogens is 249 g/mol. The van der Waals surface area contributed by atoms with Crippen LogP contribution < -0.4 is 0 Å². The van der Waals surface area contributed by atoms with Crippen molar-refractivity contribution in [1.82, 2.24) is 0 Å². The van der Waals surface area contributed by atoms with E-state index < -0.39 is 11.8 Å². The molecule has 0 atom stereocenters. The average molecular weight is 256 g/mol. The Bertz CT molecular complexity index is 524. The first-order valence-corrected chi connectivity index (χ1v) is 4.76. The number of hydrogen-bond donors (Lipinski definition) is 0. The van der Waals surface area contributed by atoms with Gasteiger partial charge in [0.2, 0.25) is 0 Å². The fraction of sp³-hybridized carbons (Fsp3) is 0.100. The Morgan fingerprint density at radius 2 is 2.35 bits per heavy atom. The van der Waals surface area contributed by atoms with Crippen LogP contribution in [0.1, 0.15) is 5.56 Å². The summed E-state index contributed by atoms with van der Waals surface area (Å²) in [4.78, 5) is 13.7. The lowest BCUT2D eigenvalue weighted by molar-refractivity contribution is -0.136. The minimum absolute atomic E-state index is 0.0365. The predicted molar refractivity (Wildman–Crippen MR) is 60.5 cm³/mol. The van der Waals surface area contributed by atoms with Crippen LogP contribution in [-0.4, -0.2) is 13.1 Å². The monoisotopic (exact) mass is 255 g/mol. The molecule has 0 spiro atoms. The Morgan fingerprint density at radius 3 is 2.88 bits per heavy atom. The second kappa shape index (κ2) is 5.89. The summed E-state index contributed by atoms with van der Waals surface area (Å²) in [6.45, 7) is 0. The third kappa shape index (κ3) is 3.48. The molecule has 1 aromatic rings. The molecule has 5 nitrogen and oxygen atoms in total. The molecule has 88 valence electrons. The minimum Gasteiger partial charge on any atom is -0.466 e. The molecule has 0 aliphatic carbocycles. The number of hydrogen-bond acceptors (Lipinski definition) is 3. The summed E-state index contributed by atoms with van der Waals surface area (Å²) in [7, 11) is 1.14. The highest BCUT2D eigenvalue weighted by molar-refractivity contribution is 6.30. The van der Waals surface area contributed by atoms with Gasteiger partial charge in [0.25, 0.3) is 0 Å². The van der Waals surface area contributed by atoms with Crippen LogP contribution in [0.5, 0.6) is 0 Å². The number of ether oxygens (including phenoxy) is 1. The molecule has 0 aliphatic heterocycles. The van der Waals surface area contributed by atoms with Crippen molar-refractivity contribution in [1.29, 1.82) is 0 Å². The second-order valence-electron chi connectivity index (χ2n) is 2.88. The van der Waals surface area contributed by atoms with Crippen LogP contribution >= 0.6 is 11.6 Å². The quantitative estimate of drug-likeness (QED) is 0.273. The Balaban J connectivity index is 3.17.